The lowest BCUT2D eigenvalue weighted by atomic mass is 10.1. The molecule has 0 amide bonds. The fourth-order valence-corrected chi connectivity index (χ4v) is 2.87. The zero-order chi connectivity index (χ0) is 17.4. The van der Waals surface area contributed by atoms with E-state index in [0.29, 0.717) is 12.6 Å². The average molecular weight is 464 g/mol. The third-order valence-corrected chi connectivity index (χ3v) is 4.07. The van der Waals surface area contributed by atoms with Gasteiger partial charge >= 0.3 is 0 Å². The molecule has 1 aromatic rings. The number of fused-ring (bicyclic) bond motifs is 1. The molecule has 0 radical (unpaired) electrons. The van der Waals surface area contributed by atoms with Crippen LogP contribution in [0.25, 0.3) is 0 Å². The van der Waals surface area contributed by atoms with Crippen LogP contribution in [0.3, 0.4) is 0 Å². The summed E-state index contributed by atoms with van der Waals surface area (Å²) >= 11 is 0. The van der Waals surface area contributed by atoms with E-state index in [1.807, 2.05) is 4.68 Å². The molecule has 0 spiro atoms. The van der Waals surface area contributed by atoms with Crippen molar-refractivity contribution in [3.8, 4) is 0 Å². The molecule has 1 aromatic heterocycles. The molecule has 1 aliphatic heterocycles. The van der Waals surface area contributed by atoms with Crippen LogP contribution in [0.5, 0.6) is 0 Å². The minimum Gasteiger partial charge on any atom is -0.377 e. The maximum atomic E-state index is 5.12. The van der Waals surface area contributed by atoms with Crippen LogP contribution >= 0.6 is 24.0 Å². The molecule has 0 fully saturated rings. The number of aryl methyl sites for hydroxylation is 1. The highest BCUT2D eigenvalue weighted by molar-refractivity contribution is 14.0. The minimum absolute atomic E-state index is 0. The Hall–Kier alpha value is -0.900. The summed E-state index contributed by atoms with van der Waals surface area (Å²) in [4.78, 5) is 9.22. The number of aromatic nitrogens is 3. The van der Waals surface area contributed by atoms with Crippen molar-refractivity contribution < 1.29 is 4.74 Å². The van der Waals surface area contributed by atoms with Gasteiger partial charge in [-0.2, -0.15) is 5.10 Å². The van der Waals surface area contributed by atoms with Crippen molar-refractivity contribution in [2.75, 3.05) is 20.2 Å². The topological polar surface area (TPSA) is 76.4 Å². The smallest absolute Gasteiger partial charge is 0.191 e. The first-order valence-corrected chi connectivity index (χ1v) is 9.08. The third-order valence-electron chi connectivity index (χ3n) is 4.07. The van der Waals surface area contributed by atoms with E-state index in [4.69, 9.17) is 9.73 Å². The molecule has 25 heavy (non-hydrogen) atoms. The second kappa shape index (κ2) is 11.7. The molecule has 0 aliphatic carbocycles. The zero-order valence-electron chi connectivity index (χ0n) is 15.9. The summed E-state index contributed by atoms with van der Waals surface area (Å²) in [5.41, 5.74) is 0. The molecule has 2 rings (SSSR count). The monoisotopic (exact) mass is 464 g/mol. The van der Waals surface area contributed by atoms with Crippen LogP contribution in [-0.2, 0) is 24.3 Å². The summed E-state index contributed by atoms with van der Waals surface area (Å²) in [6, 6.07) is 0.331. The van der Waals surface area contributed by atoms with E-state index in [-0.39, 0.29) is 24.0 Å². The first-order valence-electron chi connectivity index (χ1n) is 9.08. The van der Waals surface area contributed by atoms with E-state index in [9.17, 15) is 0 Å². The molecule has 144 valence electrons. The molecule has 0 saturated carbocycles. The molecule has 0 bridgehead atoms. The van der Waals surface area contributed by atoms with E-state index in [2.05, 4.69) is 41.5 Å². The van der Waals surface area contributed by atoms with Crippen LogP contribution in [0.15, 0.2) is 4.99 Å². The van der Waals surface area contributed by atoms with Gasteiger partial charge in [-0.25, -0.2) is 9.67 Å². The summed E-state index contributed by atoms with van der Waals surface area (Å²) in [5.74, 6) is 3.47. The van der Waals surface area contributed by atoms with E-state index in [1.165, 1.54) is 6.42 Å². The van der Waals surface area contributed by atoms with Gasteiger partial charge in [0.25, 0.3) is 0 Å². The number of hydrogen-bond donors (Lipinski definition) is 2. The number of aliphatic imine (C=N–C) groups is 1. The van der Waals surface area contributed by atoms with E-state index < -0.39 is 0 Å². The van der Waals surface area contributed by atoms with Gasteiger partial charge in [-0.15, -0.1) is 24.0 Å². The first-order chi connectivity index (χ1) is 11.6. The fraction of sp³-hybridized carbons (Fsp3) is 0.824. The lowest BCUT2D eigenvalue weighted by molar-refractivity contribution is 0.177. The number of nitrogens with one attached hydrogen (secondary N) is 2. The van der Waals surface area contributed by atoms with Crippen molar-refractivity contribution in [1.82, 2.24) is 25.4 Å². The number of nitrogens with zero attached hydrogens (tertiary/aromatic N) is 4. The maximum Gasteiger partial charge on any atom is 0.191 e. The van der Waals surface area contributed by atoms with Crippen molar-refractivity contribution in [2.24, 2.45) is 10.9 Å². The lowest BCUT2D eigenvalue weighted by Gasteiger charge is -2.25. The largest absolute Gasteiger partial charge is 0.377 e. The predicted octanol–water partition coefficient (Wildman–Crippen LogP) is 2.35. The van der Waals surface area contributed by atoms with Crippen molar-refractivity contribution in [1.29, 1.82) is 0 Å². The normalized spacial score (nSPS) is 17.2. The van der Waals surface area contributed by atoms with Crippen molar-refractivity contribution >= 4 is 29.9 Å². The summed E-state index contributed by atoms with van der Waals surface area (Å²) in [6.07, 6.45) is 4.33. The van der Waals surface area contributed by atoms with Gasteiger partial charge in [-0.1, -0.05) is 13.8 Å². The Balaban J connectivity index is 0.00000312. The Bertz CT molecular complexity index is 531. The summed E-state index contributed by atoms with van der Waals surface area (Å²) in [6.45, 7) is 9.63. The molecule has 2 heterocycles. The van der Waals surface area contributed by atoms with Crippen LogP contribution in [0.1, 0.15) is 51.7 Å². The number of ether oxygens (including phenoxy) is 1. The highest BCUT2D eigenvalue weighted by Crippen LogP contribution is 2.13. The van der Waals surface area contributed by atoms with Crippen LogP contribution in [0.2, 0.25) is 0 Å². The second-order valence-electron chi connectivity index (χ2n) is 6.74. The van der Waals surface area contributed by atoms with Crippen LogP contribution < -0.4 is 10.6 Å². The SMILES string of the molecule is CCNC(=NCCCC(C)C)NC1CCc2nc(COC)nn2C1.I. The van der Waals surface area contributed by atoms with Crippen LogP contribution in [-0.4, -0.2) is 47.0 Å². The van der Waals surface area contributed by atoms with Crippen molar-refractivity contribution in [2.45, 2.75) is 65.6 Å². The standard InChI is InChI=1S/C17H32N6O.HI/c1-5-18-17(19-10-6-7-13(2)3)20-14-8-9-16-21-15(12-24-4)22-23(16)11-14;/h13-14H,5-12H2,1-4H3,(H2,18,19,20);1H. The van der Waals surface area contributed by atoms with E-state index in [1.54, 1.807) is 7.11 Å². The van der Waals surface area contributed by atoms with Crippen LogP contribution in [0, 0.1) is 5.92 Å². The second-order valence-corrected chi connectivity index (χ2v) is 6.74. The van der Waals surface area contributed by atoms with E-state index in [0.717, 1.165) is 62.4 Å². The molecule has 0 aromatic carbocycles. The first kappa shape index (κ1) is 22.1. The van der Waals surface area contributed by atoms with Crippen molar-refractivity contribution in [3.63, 3.8) is 0 Å². The third kappa shape index (κ3) is 7.47. The molecule has 2 N–H and O–H groups in total. The Labute approximate surface area is 168 Å². The van der Waals surface area contributed by atoms with Gasteiger partial charge in [-0.3, -0.25) is 4.99 Å². The highest BCUT2D eigenvalue weighted by Gasteiger charge is 2.22. The molecular formula is C17H33IN6O. The van der Waals surface area contributed by atoms with Gasteiger partial charge in [-0.05, 0) is 32.1 Å². The van der Waals surface area contributed by atoms with Crippen molar-refractivity contribution in [3.05, 3.63) is 11.6 Å². The summed E-state index contributed by atoms with van der Waals surface area (Å²) in [5, 5.41) is 11.4. The summed E-state index contributed by atoms with van der Waals surface area (Å²) < 4.78 is 7.12. The minimum atomic E-state index is 0. The number of hydrogen-bond acceptors (Lipinski definition) is 4. The fourth-order valence-electron chi connectivity index (χ4n) is 2.87. The molecule has 1 unspecified atom stereocenters. The zero-order valence-corrected chi connectivity index (χ0v) is 18.2. The maximum absolute atomic E-state index is 5.12. The lowest BCUT2D eigenvalue weighted by Crippen LogP contribution is -2.47. The van der Waals surface area contributed by atoms with Gasteiger partial charge in [0.05, 0.1) is 6.54 Å². The quantitative estimate of drug-likeness (QED) is 0.267. The van der Waals surface area contributed by atoms with Gasteiger partial charge in [0.1, 0.15) is 12.4 Å². The van der Waals surface area contributed by atoms with Crippen LogP contribution in [0.4, 0.5) is 0 Å². The molecule has 0 saturated heterocycles. The highest BCUT2D eigenvalue weighted by atomic mass is 127. The number of methoxy groups -OCH3 is 1. The molecule has 8 heteroatoms. The Morgan fingerprint density at radius 2 is 2.24 bits per heavy atom. The van der Waals surface area contributed by atoms with Gasteiger partial charge < -0.3 is 15.4 Å². The molecule has 7 nitrogen and oxygen atoms in total. The van der Waals surface area contributed by atoms with Gasteiger partial charge in [0.2, 0.25) is 0 Å². The Kier molecular flexibility index (Phi) is 10.3. The predicted molar refractivity (Wildman–Crippen MR) is 111 cm³/mol. The van der Waals surface area contributed by atoms with E-state index >= 15 is 0 Å². The van der Waals surface area contributed by atoms with Gasteiger partial charge in [0.15, 0.2) is 11.8 Å². The van der Waals surface area contributed by atoms with Gasteiger partial charge in [0, 0.05) is 32.7 Å². The summed E-state index contributed by atoms with van der Waals surface area (Å²) in [7, 11) is 1.67. The number of guanidine groups is 1. The molecule has 1 aliphatic rings. The number of halogens is 1. The number of rotatable bonds is 8. The molecule has 1 atom stereocenters. The molecular weight excluding hydrogens is 431 g/mol. The average Bonchev–Trinajstić information content (AvgIpc) is 2.93. The Morgan fingerprint density at radius 1 is 1.44 bits per heavy atom. The Morgan fingerprint density at radius 3 is 2.92 bits per heavy atom.